The summed E-state index contributed by atoms with van der Waals surface area (Å²) in [7, 11) is 0. The van der Waals surface area contributed by atoms with Crippen molar-refractivity contribution in [1.29, 1.82) is 0 Å². The van der Waals surface area contributed by atoms with Crippen molar-refractivity contribution in [3.63, 3.8) is 0 Å². The summed E-state index contributed by atoms with van der Waals surface area (Å²) in [4.78, 5) is 35.5. The minimum atomic E-state index is -1.45. The number of hydrogen-bond acceptors (Lipinski definition) is 4. The zero-order valence-electron chi connectivity index (χ0n) is 13.6. The third kappa shape index (κ3) is 3.24. The molecule has 0 aromatic heterocycles. The number of carbonyl (C=O) groups is 3. The van der Waals surface area contributed by atoms with Crippen LogP contribution in [0.5, 0.6) is 0 Å². The van der Waals surface area contributed by atoms with Crippen LogP contribution >= 0.6 is 0 Å². The maximum Gasteiger partial charge on any atom is 0.270 e. The van der Waals surface area contributed by atoms with Crippen molar-refractivity contribution in [1.82, 2.24) is 10.9 Å². The topological polar surface area (TPSA) is 98.3 Å². The third-order valence-electron chi connectivity index (χ3n) is 4.68. The number of benzene rings is 2. The summed E-state index contributed by atoms with van der Waals surface area (Å²) in [5, 5.41) is 11.0. The predicted octanol–water partition coefficient (Wildman–Crippen LogP) is 0.789. The van der Waals surface area contributed by atoms with Gasteiger partial charge in [-0.3, -0.25) is 20.4 Å². The number of hydrogen-bond donors (Lipinski definition) is 2. The summed E-state index contributed by atoms with van der Waals surface area (Å²) in [5.41, 5.74) is 5.19. The monoisotopic (exact) mass is 337 g/mol. The third-order valence-corrected chi connectivity index (χ3v) is 4.68. The Morgan fingerprint density at radius 2 is 1.56 bits per heavy atom. The Bertz CT molecular complexity index is 834. The second-order valence-electron chi connectivity index (χ2n) is 6.32. The van der Waals surface area contributed by atoms with Crippen LogP contribution in [0.15, 0.2) is 54.6 Å². The second-order valence-corrected chi connectivity index (χ2v) is 6.32. The van der Waals surface area contributed by atoms with Crippen molar-refractivity contribution < 1.29 is 19.5 Å². The Kier molecular flexibility index (Phi) is 4.27. The molecule has 25 heavy (non-hydrogen) atoms. The van der Waals surface area contributed by atoms with E-state index in [-0.39, 0.29) is 28.4 Å². The molecule has 0 radical (unpaired) electrons. The molecule has 1 fully saturated rings. The van der Waals surface area contributed by atoms with Gasteiger partial charge in [-0.2, -0.15) is 0 Å². The molecule has 3 rings (SSSR count). The molecule has 2 atom stereocenters. The quantitative estimate of drug-likeness (QED) is 0.806. The van der Waals surface area contributed by atoms with Crippen LogP contribution in [0, 0.1) is 5.92 Å². The highest BCUT2D eigenvalue weighted by Crippen LogP contribution is 2.53. The summed E-state index contributed by atoms with van der Waals surface area (Å²) in [6.45, 7) is 2.00. The largest absolute Gasteiger partial charge is 0.545 e. The van der Waals surface area contributed by atoms with E-state index in [2.05, 4.69) is 10.9 Å². The van der Waals surface area contributed by atoms with Crippen molar-refractivity contribution in [2.45, 2.75) is 18.8 Å². The van der Waals surface area contributed by atoms with Crippen LogP contribution in [0.4, 0.5) is 0 Å². The molecule has 2 aromatic rings. The molecule has 2 aromatic carbocycles. The van der Waals surface area contributed by atoms with Gasteiger partial charge in [-0.25, -0.2) is 0 Å². The molecular weight excluding hydrogens is 320 g/mol. The minimum absolute atomic E-state index is 0.0654. The molecule has 0 spiro atoms. The number of aromatic carboxylic acids is 1. The summed E-state index contributed by atoms with van der Waals surface area (Å²) in [6.07, 6.45) is 0.689. The van der Waals surface area contributed by atoms with Gasteiger partial charge in [-0.05, 0) is 18.1 Å². The summed E-state index contributed by atoms with van der Waals surface area (Å²) in [6, 6.07) is 15.4. The first-order valence-electron chi connectivity index (χ1n) is 7.89. The zero-order valence-corrected chi connectivity index (χ0v) is 13.6. The van der Waals surface area contributed by atoms with Crippen LogP contribution in [0.25, 0.3) is 0 Å². The summed E-state index contributed by atoms with van der Waals surface area (Å²) < 4.78 is 0. The molecule has 0 bridgehead atoms. The van der Waals surface area contributed by atoms with Crippen LogP contribution in [0.2, 0.25) is 0 Å². The van der Waals surface area contributed by atoms with E-state index in [0.717, 1.165) is 5.56 Å². The SMILES string of the molecule is C[C@@]1(c2ccccc2)C[C@@H]1C(=O)NNC(=O)c1ccccc1C(=O)[O-]. The van der Waals surface area contributed by atoms with Gasteiger partial charge in [0, 0.05) is 16.9 Å². The molecule has 1 saturated carbocycles. The summed E-state index contributed by atoms with van der Waals surface area (Å²) >= 11 is 0. The van der Waals surface area contributed by atoms with E-state index in [0.29, 0.717) is 6.42 Å². The fourth-order valence-corrected chi connectivity index (χ4v) is 3.02. The van der Waals surface area contributed by atoms with Crippen LogP contribution in [-0.4, -0.2) is 17.8 Å². The van der Waals surface area contributed by atoms with Crippen molar-refractivity contribution in [2.75, 3.05) is 0 Å². The number of nitrogens with one attached hydrogen (secondary N) is 2. The van der Waals surface area contributed by atoms with Crippen LogP contribution in [-0.2, 0) is 10.2 Å². The fourth-order valence-electron chi connectivity index (χ4n) is 3.02. The first-order chi connectivity index (χ1) is 11.9. The maximum atomic E-state index is 12.3. The molecule has 0 saturated heterocycles. The molecular formula is C19H17N2O4-. The minimum Gasteiger partial charge on any atom is -0.545 e. The standard InChI is InChI=1S/C19H18N2O4/c1-19(12-7-3-2-4-8-12)11-15(19)17(23)21-20-16(22)13-9-5-6-10-14(13)18(24)25/h2-10,15H,11H2,1H3,(H,20,22)(H,21,23)(H,24,25)/p-1/t15-,19+/m1/s1. The van der Waals surface area contributed by atoms with Crippen LogP contribution < -0.4 is 16.0 Å². The molecule has 0 unspecified atom stereocenters. The number of amides is 2. The Balaban J connectivity index is 1.63. The van der Waals surface area contributed by atoms with E-state index in [4.69, 9.17) is 0 Å². The molecule has 1 aliphatic rings. The van der Waals surface area contributed by atoms with Gasteiger partial charge < -0.3 is 9.90 Å². The van der Waals surface area contributed by atoms with Gasteiger partial charge in [-0.1, -0.05) is 55.5 Å². The number of rotatable bonds is 4. The van der Waals surface area contributed by atoms with Gasteiger partial charge in [-0.15, -0.1) is 0 Å². The highest BCUT2D eigenvalue weighted by molar-refractivity contribution is 6.04. The highest BCUT2D eigenvalue weighted by Gasteiger charge is 2.55. The van der Waals surface area contributed by atoms with E-state index in [9.17, 15) is 19.5 Å². The molecule has 0 aliphatic heterocycles. The lowest BCUT2D eigenvalue weighted by Crippen LogP contribution is -2.44. The van der Waals surface area contributed by atoms with Gasteiger partial charge in [0.25, 0.3) is 5.91 Å². The predicted molar refractivity (Wildman–Crippen MR) is 88.3 cm³/mol. The van der Waals surface area contributed by atoms with Crippen LogP contribution in [0.1, 0.15) is 39.6 Å². The fraction of sp³-hybridized carbons (Fsp3) is 0.211. The van der Waals surface area contributed by atoms with Gasteiger partial charge in [0.15, 0.2) is 0 Å². The van der Waals surface area contributed by atoms with Crippen molar-refractivity contribution >= 4 is 17.8 Å². The number of carbonyl (C=O) groups excluding carboxylic acids is 3. The summed E-state index contributed by atoms with van der Waals surface area (Å²) in [5.74, 6) is -2.69. The average Bonchev–Trinajstić information content (AvgIpc) is 3.33. The van der Waals surface area contributed by atoms with Gasteiger partial charge in [0.05, 0.1) is 11.5 Å². The molecule has 1 aliphatic carbocycles. The average molecular weight is 337 g/mol. The maximum absolute atomic E-state index is 12.3. The van der Waals surface area contributed by atoms with E-state index in [1.807, 2.05) is 37.3 Å². The molecule has 2 amide bonds. The lowest BCUT2D eigenvalue weighted by atomic mass is 9.95. The van der Waals surface area contributed by atoms with E-state index >= 15 is 0 Å². The van der Waals surface area contributed by atoms with Crippen LogP contribution in [0.3, 0.4) is 0 Å². The molecule has 6 heteroatoms. The Hall–Kier alpha value is -3.15. The normalized spacial score (nSPS) is 21.2. The van der Waals surface area contributed by atoms with Crippen molar-refractivity contribution in [3.05, 3.63) is 71.3 Å². The van der Waals surface area contributed by atoms with E-state index < -0.39 is 11.9 Å². The number of carboxylic acids is 1. The lowest BCUT2D eigenvalue weighted by molar-refractivity contribution is -0.255. The van der Waals surface area contributed by atoms with E-state index in [1.165, 1.54) is 24.3 Å². The molecule has 0 heterocycles. The molecule has 128 valence electrons. The van der Waals surface area contributed by atoms with Crippen molar-refractivity contribution in [3.8, 4) is 0 Å². The highest BCUT2D eigenvalue weighted by atomic mass is 16.4. The number of hydrazine groups is 1. The second kappa shape index (κ2) is 6.39. The molecule has 6 nitrogen and oxygen atoms in total. The lowest BCUT2D eigenvalue weighted by Gasteiger charge is -2.13. The van der Waals surface area contributed by atoms with Gasteiger partial charge >= 0.3 is 0 Å². The Morgan fingerprint density at radius 3 is 2.20 bits per heavy atom. The smallest absolute Gasteiger partial charge is 0.270 e. The number of carboxylic acid groups (broad SMARTS) is 1. The van der Waals surface area contributed by atoms with Gasteiger partial charge in [0.2, 0.25) is 5.91 Å². The Labute approximate surface area is 144 Å². The zero-order chi connectivity index (χ0) is 18.0. The first-order valence-corrected chi connectivity index (χ1v) is 7.89. The Morgan fingerprint density at radius 1 is 0.960 bits per heavy atom. The van der Waals surface area contributed by atoms with E-state index in [1.54, 1.807) is 0 Å². The molecule has 2 N–H and O–H groups in total. The van der Waals surface area contributed by atoms with Gasteiger partial charge in [0.1, 0.15) is 0 Å². The first kappa shape index (κ1) is 16.7. The van der Waals surface area contributed by atoms with Crippen molar-refractivity contribution in [2.24, 2.45) is 5.92 Å².